The van der Waals surface area contributed by atoms with Gasteiger partial charge in [0.25, 0.3) is 0 Å². The largest absolute Gasteiger partial charge is 0.493 e. The van der Waals surface area contributed by atoms with Gasteiger partial charge in [-0.1, -0.05) is 6.07 Å². The van der Waals surface area contributed by atoms with Crippen LogP contribution in [0.25, 0.3) is 0 Å². The summed E-state index contributed by atoms with van der Waals surface area (Å²) in [5.74, 6) is -1.40. The molecule has 0 amide bonds. The number of hydrogen-bond acceptors (Lipinski definition) is 4. The van der Waals surface area contributed by atoms with E-state index < -0.39 is 49.6 Å². The van der Waals surface area contributed by atoms with Gasteiger partial charge in [-0.3, -0.25) is 4.79 Å². The van der Waals surface area contributed by atoms with Crippen LogP contribution in [0.1, 0.15) is 42.7 Å². The molecule has 1 aromatic rings. The Hall–Kier alpha value is -1.55. The Labute approximate surface area is 143 Å². The van der Waals surface area contributed by atoms with Crippen molar-refractivity contribution in [2.24, 2.45) is 5.92 Å². The summed E-state index contributed by atoms with van der Waals surface area (Å²) < 4.78 is 84.1. The van der Waals surface area contributed by atoms with Gasteiger partial charge < -0.3 is 14.4 Å². The van der Waals surface area contributed by atoms with Gasteiger partial charge in [0.05, 0.1) is 12.5 Å². The van der Waals surface area contributed by atoms with E-state index >= 15 is 0 Å². The molecular weight excluding hydrogens is 278 g/mol. The van der Waals surface area contributed by atoms with Gasteiger partial charge in [-0.2, -0.15) is 0 Å². The van der Waals surface area contributed by atoms with E-state index in [0.717, 1.165) is 0 Å². The smallest absolute Gasteiger partial charge is 0.174 e. The van der Waals surface area contributed by atoms with Crippen molar-refractivity contribution in [3.05, 3.63) is 23.3 Å². The summed E-state index contributed by atoms with van der Waals surface area (Å²) in [6.07, 6.45) is -3.93. The fourth-order valence-electron chi connectivity index (χ4n) is 4.76. The van der Waals surface area contributed by atoms with Crippen molar-refractivity contribution >= 4 is 5.78 Å². The minimum absolute atomic E-state index is 0.0440. The van der Waals surface area contributed by atoms with Crippen molar-refractivity contribution in [1.29, 1.82) is 0 Å². The van der Waals surface area contributed by atoms with Gasteiger partial charge in [-0.05, 0) is 50.3 Å². The molecule has 0 radical (unpaired) electrons. The number of hydrogen-bond donors (Lipinski definition) is 0. The van der Waals surface area contributed by atoms with Crippen LogP contribution in [-0.2, 0) is 16.6 Å². The first-order valence-corrected chi connectivity index (χ1v) is 7.51. The lowest BCUT2D eigenvalue weighted by atomic mass is 9.52. The van der Waals surface area contributed by atoms with Gasteiger partial charge in [0.15, 0.2) is 23.4 Å². The summed E-state index contributed by atoms with van der Waals surface area (Å²) in [7, 11) is -2.81. The Bertz CT molecular complexity index is 991. The molecule has 2 aliphatic carbocycles. The molecule has 4 heteroatoms. The molecule has 4 atom stereocenters. The minimum atomic E-state index is -2.81. The Morgan fingerprint density at radius 2 is 2.55 bits per heavy atom. The molecule has 4 nitrogen and oxygen atoms in total. The van der Waals surface area contributed by atoms with E-state index in [9.17, 15) is 4.79 Å². The summed E-state index contributed by atoms with van der Waals surface area (Å²) in [6.45, 7) is -2.59. The maximum Gasteiger partial charge on any atom is 0.174 e. The Morgan fingerprint density at radius 3 is 3.41 bits per heavy atom. The Kier molecular flexibility index (Phi) is 1.27. The molecule has 22 heavy (non-hydrogen) atoms. The molecule has 2 fully saturated rings. The van der Waals surface area contributed by atoms with E-state index in [-0.39, 0.29) is 48.4 Å². The number of piperidine rings is 1. The third kappa shape index (κ3) is 1.27. The molecule has 1 spiro atoms. The van der Waals surface area contributed by atoms with Gasteiger partial charge in [-0.25, -0.2) is 0 Å². The third-order valence-corrected chi connectivity index (χ3v) is 5.62. The highest BCUT2D eigenvalue weighted by Crippen LogP contribution is 2.62. The Balaban J connectivity index is 1.82. The monoisotopic (exact) mass is 308 g/mol. The van der Waals surface area contributed by atoms with E-state index in [0.29, 0.717) is 0 Å². The maximum absolute atomic E-state index is 13.0. The first kappa shape index (κ1) is 6.91. The first-order chi connectivity index (χ1) is 14.1. The highest BCUT2D eigenvalue weighted by molar-refractivity contribution is 5.89. The number of rotatable bonds is 1. The van der Waals surface area contributed by atoms with Crippen molar-refractivity contribution in [2.45, 2.75) is 43.2 Å². The average molecular weight is 308 g/mol. The topological polar surface area (TPSA) is 38.8 Å². The van der Waals surface area contributed by atoms with E-state index in [4.69, 9.17) is 21.8 Å². The van der Waals surface area contributed by atoms with E-state index in [1.807, 2.05) is 0 Å². The molecule has 116 valence electrons. The minimum Gasteiger partial charge on any atom is -0.493 e. The van der Waals surface area contributed by atoms with Gasteiger partial charge in [0.2, 0.25) is 0 Å². The van der Waals surface area contributed by atoms with Crippen LogP contribution >= 0.6 is 0 Å². The molecule has 2 aliphatic heterocycles. The fraction of sp³-hybridized carbons (Fsp3) is 0.611. The Morgan fingerprint density at radius 1 is 1.59 bits per heavy atom. The van der Waals surface area contributed by atoms with E-state index in [1.165, 1.54) is 17.0 Å². The zero-order valence-electron chi connectivity index (χ0n) is 20.8. The molecular formula is C18H21NO3. The SMILES string of the molecule is [2H]C([2H])([2H])Oc1ccc2c3c1OC1([2H])C(=O)CC[C@H]4[C@H](N(C([2H])([2H])[2H])CC[C@@]341)C2([2H])[2H]. The van der Waals surface area contributed by atoms with E-state index in [1.54, 1.807) is 0 Å². The molecule has 1 aromatic carbocycles. The van der Waals surface area contributed by atoms with Crippen LogP contribution in [0.4, 0.5) is 0 Å². The number of carbonyl (C=O) groups excluding carboxylic acids is 1. The van der Waals surface area contributed by atoms with Crippen molar-refractivity contribution in [3.63, 3.8) is 0 Å². The standard InChI is InChI=1S/C18H21NO3/c1-19-8-7-18-11-4-5-13(20)17(18)22-16-14(21-2)6-3-10(15(16)18)9-12(11)19/h3,6,11-12,17H,4-5,7-9H2,1-2H3/t11-,12+,17?,18-/m0/s1/i1D3,2D3,9D2,17D. The maximum atomic E-state index is 13.0. The number of likely N-dealkylation sites (N-methyl/N-ethyl adjacent to an activating group) is 1. The lowest BCUT2D eigenvalue weighted by molar-refractivity contribution is -0.138. The second-order valence-corrected chi connectivity index (χ2v) is 6.42. The molecule has 0 aromatic heterocycles. The molecule has 2 heterocycles. The molecule has 1 saturated heterocycles. The number of ketones is 1. The van der Waals surface area contributed by atoms with Crippen molar-refractivity contribution in [1.82, 2.24) is 4.90 Å². The quantitative estimate of drug-likeness (QED) is 0.795. The molecule has 4 aliphatic rings. The van der Waals surface area contributed by atoms with Gasteiger partial charge in [-0.15, -0.1) is 0 Å². The molecule has 0 N–H and O–H groups in total. The summed E-state index contributed by atoms with van der Waals surface area (Å²) >= 11 is 0. The van der Waals surface area contributed by atoms with Crippen LogP contribution in [0.15, 0.2) is 12.1 Å². The van der Waals surface area contributed by atoms with Gasteiger partial charge in [0.1, 0.15) is 0 Å². The molecule has 1 unspecified atom stereocenters. The lowest BCUT2D eigenvalue weighted by Gasteiger charge is -2.57. The van der Waals surface area contributed by atoms with Crippen molar-refractivity contribution in [2.75, 3.05) is 20.6 Å². The van der Waals surface area contributed by atoms with Crippen LogP contribution in [0, 0.1) is 5.92 Å². The second kappa shape index (κ2) is 4.05. The van der Waals surface area contributed by atoms with Crippen LogP contribution in [0.2, 0.25) is 0 Å². The zero-order valence-corrected chi connectivity index (χ0v) is 11.8. The fourth-order valence-corrected chi connectivity index (χ4v) is 4.76. The summed E-state index contributed by atoms with van der Waals surface area (Å²) in [5.41, 5.74) is -0.854. The highest BCUT2D eigenvalue weighted by Gasteiger charge is 2.65. The average Bonchev–Trinajstić information content (AvgIpc) is 2.89. The molecule has 1 saturated carbocycles. The predicted octanol–water partition coefficient (Wildman–Crippen LogP) is 1.93. The number of likely N-dealkylation sites (tertiary alicyclic amines) is 1. The van der Waals surface area contributed by atoms with Gasteiger partial charge >= 0.3 is 0 Å². The summed E-state index contributed by atoms with van der Waals surface area (Å²) in [4.78, 5) is 14.2. The third-order valence-electron chi connectivity index (χ3n) is 5.62. The summed E-state index contributed by atoms with van der Waals surface area (Å²) in [5, 5.41) is 0. The number of benzene rings is 1. The number of nitrogens with zero attached hydrogens (tertiary/aromatic N) is 1. The lowest BCUT2D eigenvalue weighted by Crippen LogP contribution is -2.65. The van der Waals surface area contributed by atoms with Crippen LogP contribution in [0.5, 0.6) is 11.5 Å². The van der Waals surface area contributed by atoms with Crippen molar-refractivity contribution < 1.29 is 26.6 Å². The van der Waals surface area contributed by atoms with Crippen LogP contribution in [-0.4, -0.2) is 43.4 Å². The first-order valence-electron chi connectivity index (χ1n) is 12.0. The van der Waals surface area contributed by atoms with Crippen molar-refractivity contribution in [3.8, 4) is 11.5 Å². The van der Waals surface area contributed by atoms with Gasteiger partial charge in [0, 0.05) is 30.3 Å². The van der Waals surface area contributed by atoms with E-state index in [2.05, 4.69) is 0 Å². The predicted molar refractivity (Wildman–Crippen MR) is 81.6 cm³/mol. The number of Topliss-reactive ketones (excluding diaryl/α,β-unsaturated/α-hetero) is 1. The number of ether oxygens (including phenoxy) is 2. The second-order valence-electron chi connectivity index (χ2n) is 6.42. The molecule has 5 rings (SSSR count). The van der Waals surface area contributed by atoms with Crippen LogP contribution < -0.4 is 9.47 Å². The molecule has 2 bridgehead atoms. The van der Waals surface area contributed by atoms with Crippen LogP contribution in [0.3, 0.4) is 0 Å². The normalized spacial score (nSPS) is 51.3. The number of methoxy groups -OCH3 is 1. The zero-order chi connectivity index (χ0) is 22.8. The summed E-state index contributed by atoms with van der Waals surface area (Å²) in [6, 6.07) is 1.56. The highest BCUT2D eigenvalue weighted by atomic mass is 16.5. The number of carbonyl (C=O) groups is 1.